The Kier molecular flexibility index (Phi) is 5.72. The number of fused-ring (bicyclic) bond motifs is 1. The molecule has 8 heteroatoms. The van der Waals surface area contributed by atoms with Gasteiger partial charge in [0.25, 0.3) is 0 Å². The summed E-state index contributed by atoms with van der Waals surface area (Å²) in [6, 6.07) is 5.57. The Morgan fingerprint density at radius 3 is 2.81 bits per heavy atom. The van der Waals surface area contributed by atoms with Gasteiger partial charge in [0.05, 0.1) is 13.7 Å². The third kappa shape index (κ3) is 4.29. The lowest BCUT2D eigenvalue weighted by Gasteiger charge is -2.36. The fourth-order valence-electron chi connectivity index (χ4n) is 3.24. The second kappa shape index (κ2) is 7.84. The van der Waals surface area contributed by atoms with Gasteiger partial charge in [0.15, 0.2) is 11.5 Å². The highest BCUT2D eigenvalue weighted by Gasteiger charge is 2.34. The normalized spacial score (nSPS) is 22.4. The largest absolute Gasteiger partial charge is 0.493 e. The Morgan fingerprint density at radius 2 is 2.08 bits per heavy atom. The number of nitrogens with one attached hydrogen (secondary N) is 1. The van der Waals surface area contributed by atoms with Gasteiger partial charge in [-0.25, -0.2) is 0 Å². The van der Waals surface area contributed by atoms with Crippen LogP contribution in [0.4, 0.5) is 0 Å². The fraction of sp³-hybridized carbons (Fsp3) is 0.611. The molecule has 2 heterocycles. The van der Waals surface area contributed by atoms with Gasteiger partial charge in [0, 0.05) is 13.0 Å². The molecule has 7 nitrogen and oxygen atoms in total. The molecule has 0 unspecified atom stereocenters. The highest BCUT2D eigenvalue weighted by Crippen LogP contribution is 2.34. The number of benzene rings is 1. The van der Waals surface area contributed by atoms with E-state index in [1.807, 2.05) is 18.2 Å². The summed E-state index contributed by atoms with van der Waals surface area (Å²) in [6.45, 7) is 5.53. The average molecular weight is 381 g/mol. The molecular weight excluding hydrogens is 354 g/mol. The van der Waals surface area contributed by atoms with Crippen molar-refractivity contribution in [2.45, 2.75) is 45.7 Å². The number of rotatable bonds is 5. The Labute approximate surface area is 155 Å². The Bertz CT molecular complexity index is 777. The van der Waals surface area contributed by atoms with Crippen LogP contribution < -0.4 is 14.2 Å². The average Bonchev–Trinajstić information content (AvgIpc) is 2.83. The lowest BCUT2D eigenvalue weighted by Crippen LogP contribution is -2.48. The van der Waals surface area contributed by atoms with Crippen LogP contribution in [0.1, 0.15) is 51.3 Å². The van der Waals surface area contributed by atoms with Crippen molar-refractivity contribution in [3.05, 3.63) is 23.8 Å². The predicted molar refractivity (Wildman–Crippen MR) is 101 cm³/mol. The van der Waals surface area contributed by atoms with E-state index in [1.54, 1.807) is 7.11 Å². The lowest BCUT2D eigenvalue weighted by atomic mass is 10.1. The minimum absolute atomic E-state index is 0.403. The van der Waals surface area contributed by atoms with Crippen molar-refractivity contribution in [1.29, 1.82) is 0 Å². The van der Waals surface area contributed by atoms with Crippen LogP contribution in [0.5, 0.6) is 11.5 Å². The summed E-state index contributed by atoms with van der Waals surface area (Å²) in [6.07, 6.45) is 3.27. The van der Waals surface area contributed by atoms with Crippen molar-refractivity contribution in [1.82, 2.24) is 9.62 Å². The lowest BCUT2D eigenvalue weighted by molar-refractivity contribution is 0.255. The van der Waals surface area contributed by atoms with Crippen LogP contribution in [-0.4, -0.2) is 39.4 Å². The van der Waals surface area contributed by atoms with E-state index in [0.29, 0.717) is 36.3 Å². The number of nitrogens with zero attached hydrogens (tertiary/aromatic N) is 2. The standard InChI is InChI=1S/C18H27N3O4S/c1-13(2)12-25-15-9-8-14(11-16(15)24-3)18-20-26(22,23)19-17-7-5-4-6-10-21(17)18/h8-9,11,13,18,20H,4-7,10,12H2,1-3H3/t18-/m1/s1. The maximum atomic E-state index is 12.2. The summed E-state index contributed by atoms with van der Waals surface area (Å²) in [5.41, 5.74) is 0.816. The molecule has 0 spiro atoms. The zero-order valence-electron chi connectivity index (χ0n) is 15.6. The topological polar surface area (TPSA) is 80.2 Å². The highest BCUT2D eigenvalue weighted by atomic mass is 32.2. The minimum atomic E-state index is -3.69. The van der Waals surface area contributed by atoms with Gasteiger partial charge in [-0.3, -0.25) is 0 Å². The van der Waals surface area contributed by atoms with Crippen molar-refractivity contribution in [3.8, 4) is 11.5 Å². The van der Waals surface area contributed by atoms with Crippen molar-refractivity contribution in [2.75, 3.05) is 20.3 Å². The molecule has 3 rings (SSSR count). The van der Waals surface area contributed by atoms with Crippen LogP contribution in [0.3, 0.4) is 0 Å². The Morgan fingerprint density at radius 1 is 1.27 bits per heavy atom. The third-order valence-electron chi connectivity index (χ3n) is 4.50. The summed E-state index contributed by atoms with van der Waals surface area (Å²) in [5.74, 6) is 2.31. The molecule has 1 atom stereocenters. The van der Waals surface area contributed by atoms with Crippen LogP contribution in [0.2, 0.25) is 0 Å². The molecule has 2 aliphatic heterocycles. The van der Waals surface area contributed by atoms with Gasteiger partial charge < -0.3 is 14.4 Å². The molecule has 0 bridgehead atoms. The second-order valence-electron chi connectivity index (χ2n) is 7.12. The van der Waals surface area contributed by atoms with Crippen LogP contribution >= 0.6 is 0 Å². The molecule has 1 aromatic carbocycles. The molecule has 0 amide bonds. The fourth-order valence-corrected chi connectivity index (χ4v) is 4.31. The van der Waals surface area contributed by atoms with Crippen molar-refractivity contribution < 1.29 is 17.9 Å². The second-order valence-corrected chi connectivity index (χ2v) is 8.49. The molecule has 0 aliphatic carbocycles. The van der Waals surface area contributed by atoms with Gasteiger partial charge in [0.1, 0.15) is 12.0 Å². The SMILES string of the molecule is COc1cc([C@@H]2NS(=O)(=O)N=C3CCCCCN32)ccc1OCC(C)C. The molecule has 1 fully saturated rings. The number of hydrogen-bond donors (Lipinski definition) is 1. The van der Waals surface area contributed by atoms with E-state index in [2.05, 4.69) is 27.9 Å². The molecule has 144 valence electrons. The molecule has 0 radical (unpaired) electrons. The maximum absolute atomic E-state index is 12.2. The monoisotopic (exact) mass is 381 g/mol. The molecule has 2 aliphatic rings. The smallest absolute Gasteiger partial charge is 0.323 e. The Hall–Kier alpha value is -1.80. The first-order valence-corrected chi connectivity index (χ1v) is 10.5. The minimum Gasteiger partial charge on any atom is -0.493 e. The molecule has 0 aromatic heterocycles. The van der Waals surface area contributed by atoms with E-state index in [0.717, 1.165) is 31.4 Å². The van der Waals surface area contributed by atoms with E-state index < -0.39 is 16.4 Å². The summed E-state index contributed by atoms with van der Waals surface area (Å²) < 4.78 is 42.3. The zero-order valence-corrected chi connectivity index (χ0v) is 16.4. The van der Waals surface area contributed by atoms with Gasteiger partial charge >= 0.3 is 10.2 Å². The summed E-state index contributed by atoms with van der Waals surface area (Å²) in [5, 5.41) is 0. The summed E-state index contributed by atoms with van der Waals surface area (Å²) >= 11 is 0. The van der Waals surface area contributed by atoms with Crippen LogP contribution in [0.25, 0.3) is 0 Å². The Balaban J connectivity index is 1.92. The van der Waals surface area contributed by atoms with Gasteiger partial charge in [-0.05, 0) is 36.5 Å². The van der Waals surface area contributed by atoms with Crippen molar-refractivity contribution >= 4 is 16.0 Å². The number of amidine groups is 1. The van der Waals surface area contributed by atoms with Crippen molar-refractivity contribution in [2.24, 2.45) is 10.3 Å². The first kappa shape index (κ1) is 19.0. The van der Waals surface area contributed by atoms with Gasteiger partial charge in [-0.2, -0.15) is 13.1 Å². The molecular formula is C18H27N3O4S. The maximum Gasteiger partial charge on any atom is 0.323 e. The zero-order chi connectivity index (χ0) is 18.7. The summed E-state index contributed by atoms with van der Waals surface area (Å²) in [4.78, 5) is 2.05. The third-order valence-corrected chi connectivity index (χ3v) is 5.48. The molecule has 0 saturated carbocycles. The van der Waals surface area contributed by atoms with Gasteiger partial charge in [-0.1, -0.05) is 26.3 Å². The highest BCUT2D eigenvalue weighted by molar-refractivity contribution is 7.88. The molecule has 1 aromatic rings. The number of methoxy groups -OCH3 is 1. The van der Waals surface area contributed by atoms with Gasteiger partial charge in [0.2, 0.25) is 0 Å². The summed E-state index contributed by atoms with van der Waals surface area (Å²) in [7, 11) is -2.11. The molecule has 1 N–H and O–H groups in total. The molecule has 1 saturated heterocycles. The first-order chi connectivity index (χ1) is 12.4. The van der Waals surface area contributed by atoms with E-state index in [1.165, 1.54) is 0 Å². The van der Waals surface area contributed by atoms with Crippen LogP contribution in [0.15, 0.2) is 22.6 Å². The molecule has 26 heavy (non-hydrogen) atoms. The quantitative estimate of drug-likeness (QED) is 0.848. The first-order valence-electron chi connectivity index (χ1n) is 9.08. The number of hydrogen-bond acceptors (Lipinski definition) is 5. The van der Waals surface area contributed by atoms with Crippen LogP contribution in [0, 0.1) is 5.92 Å². The number of ether oxygens (including phenoxy) is 2. The van der Waals surface area contributed by atoms with E-state index in [4.69, 9.17) is 9.47 Å². The van der Waals surface area contributed by atoms with E-state index in [9.17, 15) is 8.42 Å². The predicted octanol–water partition coefficient (Wildman–Crippen LogP) is 2.85. The van der Waals surface area contributed by atoms with E-state index >= 15 is 0 Å². The van der Waals surface area contributed by atoms with Gasteiger partial charge in [-0.15, -0.1) is 4.40 Å². The van der Waals surface area contributed by atoms with E-state index in [-0.39, 0.29) is 0 Å². The van der Waals surface area contributed by atoms with Crippen LogP contribution in [-0.2, 0) is 10.2 Å². The van der Waals surface area contributed by atoms with Crippen molar-refractivity contribution in [3.63, 3.8) is 0 Å².